The molecule has 0 N–H and O–H groups in total. The van der Waals surface area contributed by atoms with Gasteiger partial charge in [0.1, 0.15) is 0 Å². The molecule has 1 rings (SSSR count). The van der Waals surface area contributed by atoms with E-state index in [0.717, 1.165) is 11.3 Å². The molecule has 12 heavy (non-hydrogen) atoms. The van der Waals surface area contributed by atoms with Crippen molar-refractivity contribution in [1.82, 2.24) is 4.98 Å². The molecule has 4 heteroatoms. The maximum absolute atomic E-state index is 10.9. The lowest BCUT2D eigenvalue weighted by Crippen LogP contribution is -2.02. The molecular formula is C8H11NO2S. The first-order chi connectivity index (χ1) is 5.49. The second-order valence-electron chi connectivity index (χ2n) is 2.82. The molecule has 0 aliphatic rings. The van der Waals surface area contributed by atoms with Crippen LogP contribution >= 0.6 is 0 Å². The highest BCUT2D eigenvalue weighted by atomic mass is 32.2. The molecular weight excluding hydrogens is 174 g/mol. The molecule has 0 aromatic carbocycles. The van der Waals surface area contributed by atoms with Gasteiger partial charge in [-0.3, -0.25) is 4.98 Å². The van der Waals surface area contributed by atoms with Gasteiger partial charge in [-0.25, -0.2) is 8.42 Å². The third kappa shape index (κ3) is 2.62. The number of nitrogens with zero attached hydrogens (tertiary/aromatic N) is 1. The van der Waals surface area contributed by atoms with Crippen LogP contribution in [-0.4, -0.2) is 19.7 Å². The second kappa shape index (κ2) is 3.23. The molecule has 0 unspecified atom stereocenters. The molecule has 0 aliphatic carbocycles. The highest BCUT2D eigenvalue weighted by molar-refractivity contribution is 7.89. The zero-order chi connectivity index (χ0) is 9.19. The number of sulfone groups is 1. The van der Waals surface area contributed by atoms with Crippen LogP contribution in [0.2, 0.25) is 0 Å². The van der Waals surface area contributed by atoms with Crippen molar-refractivity contribution in [2.24, 2.45) is 0 Å². The van der Waals surface area contributed by atoms with E-state index >= 15 is 0 Å². The van der Waals surface area contributed by atoms with Crippen LogP contribution in [0.15, 0.2) is 18.3 Å². The summed E-state index contributed by atoms with van der Waals surface area (Å²) in [5.74, 6) is 0.0761. The van der Waals surface area contributed by atoms with Crippen LogP contribution in [0.25, 0.3) is 0 Å². The molecule has 0 saturated heterocycles. The van der Waals surface area contributed by atoms with Crippen LogP contribution in [-0.2, 0) is 15.6 Å². The Hall–Kier alpha value is -0.900. The molecule has 0 fully saturated rings. The van der Waals surface area contributed by atoms with Crippen molar-refractivity contribution in [3.05, 3.63) is 29.6 Å². The van der Waals surface area contributed by atoms with Gasteiger partial charge in [0, 0.05) is 18.1 Å². The molecule has 1 heterocycles. The summed E-state index contributed by atoms with van der Waals surface area (Å²) in [5.41, 5.74) is 1.56. The number of pyridine rings is 1. The van der Waals surface area contributed by atoms with Crippen LogP contribution in [0.1, 0.15) is 11.3 Å². The summed E-state index contributed by atoms with van der Waals surface area (Å²) < 4.78 is 21.9. The van der Waals surface area contributed by atoms with Crippen LogP contribution < -0.4 is 0 Å². The van der Waals surface area contributed by atoms with Crippen molar-refractivity contribution < 1.29 is 8.42 Å². The lowest BCUT2D eigenvalue weighted by atomic mass is 10.2. The van der Waals surface area contributed by atoms with E-state index in [4.69, 9.17) is 0 Å². The van der Waals surface area contributed by atoms with Gasteiger partial charge < -0.3 is 0 Å². The van der Waals surface area contributed by atoms with Crippen molar-refractivity contribution in [3.63, 3.8) is 0 Å². The average molecular weight is 185 g/mol. The van der Waals surface area contributed by atoms with Gasteiger partial charge in [-0.2, -0.15) is 0 Å². The van der Waals surface area contributed by atoms with Crippen LogP contribution in [0.5, 0.6) is 0 Å². The molecule has 1 aromatic heterocycles. The van der Waals surface area contributed by atoms with E-state index in [-0.39, 0.29) is 5.75 Å². The minimum atomic E-state index is -2.94. The first-order valence-corrected chi connectivity index (χ1v) is 5.63. The molecule has 66 valence electrons. The summed E-state index contributed by atoms with van der Waals surface area (Å²) in [4.78, 5) is 4.00. The molecule has 0 bridgehead atoms. The predicted molar refractivity (Wildman–Crippen MR) is 47.5 cm³/mol. The van der Waals surface area contributed by atoms with E-state index in [1.165, 1.54) is 6.26 Å². The molecule has 0 aliphatic heterocycles. The number of hydrogen-bond donors (Lipinski definition) is 0. The van der Waals surface area contributed by atoms with Crippen molar-refractivity contribution in [2.45, 2.75) is 12.7 Å². The smallest absolute Gasteiger partial charge is 0.151 e. The van der Waals surface area contributed by atoms with Crippen LogP contribution in [0.4, 0.5) is 0 Å². The molecule has 0 saturated carbocycles. The maximum atomic E-state index is 10.9. The lowest BCUT2D eigenvalue weighted by Gasteiger charge is -2.01. The highest BCUT2D eigenvalue weighted by Crippen LogP contribution is 2.07. The fraction of sp³-hybridized carbons (Fsp3) is 0.375. The Kier molecular flexibility index (Phi) is 2.47. The summed E-state index contributed by atoms with van der Waals surface area (Å²) in [6, 6.07) is 3.52. The van der Waals surface area contributed by atoms with Gasteiger partial charge in [0.25, 0.3) is 0 Å². The van der Waals surface area contributed by atoms with E-state index in [9.17, 15) is 8.42 Å². The van der Waals surface area contributed by atoms with E-state index in [1.54, 1.807) is 25.3 Å². The molecule has 3 nitrogen and oxygen atoms in total. The van der Waals surface area contributed by atoms with Crippen molar-refractivity contribution in [3.8, 4) is 0 Å². The monoisotopic (exact) mass is 185 g/mol. The topological polar surface area (TPSA) is 47.0 Å². The third-order valence-corrected chi connectivity index (χ3v) is 2.37. The molecule has 0 spiro atoms. The first-order valence-electron chi connectivity index (χ1n) is 3.57. The third-order valence-electron chi connectivity index (χ3n) is 1.53. The molecule has 1 aromatic rings. The Morgan fingerprint density at radius 1 is 1.50 bits per heavy atom. The molecule has 0 atom stereocenters. The van der Waals surface area contributed by atoms with Gasteiger partial charge in [-0.05, 0) is 18.6 Å². The Morgan fingerprint density at radius 3 is 2.67 bits per heavy atom. The molecule has 0 amide bonds. The SMILES string of the molecule is Cc1ncccc1CS(C)(=O)=O. The van der Waals surface area contributed by atoms with Gasteiger partial charge >= 0.3 is 0 Å². The Bertz CT molecular complexity index is 370. The summed E-state index contributed by atoms with van der Waals surface area (Å²) in [5, 5.41) is 0. The minimum Gasteiger partial charge on any atom is -0.261 e. The quantitative estimate of drug-likeness (QED) is 0.688. The van der Waals surface area contributed by atoms with Gasteiger partial charge in [0.05, 0.1) is 5.75 Å². The number of aromatic nitrogens is 1. The summed E-state index contributed by atoms with van der Waals surface area (Å²) >= 11 is 0. The van der Waals surface area contributed by atoms with Gasteiger partial charge in [-0.1, -0.05) is 6.07 Å². The van der Waals surface area contributed by atoms with E-state index in [1.807, 2.05) is 0 Å². The second-order valence-corrected chi connectivity index (χ2v) is 4.96. The predicted octanol–water partition coefficient (Wildman–Crippen LogP) is 0.935. The van der Waals surface area contributed by atoms with Crippen molar-refractivity contribution in [2.75, 3.05) is 6.26 Å². The number of hydrogen-bond acceptors (Lipinski definition) is 3. The largest absolute Gasteiger partial charge is 0.261 e. The van der Waals surface area contributed by atoms with E-state index in [2.05, 4.69) is 4.98 Å². The van der Waals surface area contributed by atoms with Crippen LogP contribution in [0, 0.1) is 6.92 Å². The number of aryl methyl sites for hydroxylation is 1. The Labute approximate surface area is 72.4 Å². The fourth-order valence-corrected chi connectivity index (χ4v) is 1.82. The van der Waals surface area contributed by atoms with E-state index < -0.39 is 9.84 Å². The normalized spacial score (nSPS) is 11.5. The maximum Gasteiger partial charge on any atom is 0.151 e. The van der Waals surface area contributed by atoms with Crippen molar-refractivity contribution >= 4 is 9.84 Å². The highest BCUT2D eigenvalue weighted by Gasteiger charge is 2.06. The average Bonchev–Trinajstić information content (AvgIpc) is 1.91. The van der Waals surface area contributed by atoms with Gasteiger partial charge in [0.15, 0.2) is 9.84 Å². The first kappa shape index (κ1) is 9.19. The minimum absolute atomic E-state index is 0.0761. The Balaban J connectivity index is 2.98. The summed E-state index contributed by atoms with van der Waals surface area (Å²) in [7, 11) is -2.94. The standard InChI is InChI=1S/C8H11NO2S/c1-7-8(4-3-5-9-7)6-12(2,10)11/h3-5H,6H2,1-2H3. The van der Waals surface area contributed by atoms with Crippen molar-refractivity contribution in [1.29, 1.82) is 0 Å². The van der Waals surface area contributed by atoms with Gasteiger partial charge in [0.2, 0.25) is 0 Å². The zero-order valence-electron chi connectivity index (χ0n) is 7.11. The number of rotatable bonds is 2. The van der Waals surface area contributed by atoms with E-state index in [0.29, 0.717) is 0 Å². The van der Waals surface area contributed by atoms with Gasteiger partial charge in [-0.15, -0.1) is 0 Å². The fourth-order valence-electron chi connectivity index (χ4n) is 0.953. The molecule has 0 radical (unpaired) electrons. The zero-order valence-corrected chi connectivity index (χ0v) is 7.93. The summed E-state index contributed by atoms with van der Waals surface area (Å²) in [6.45, 7) is 1.81. The Morgan fingerprint density at radius 2 is 2.17 bits per heavy atom. The summed E-state index contributed by atoms with van der Waals surface area (Å²) in [6.07, 6.45) is 2.88. The lowest BCUT2D eigenvalue weighted by molar-refractivity contribution is 0.601. The van der Waals surface area contributed by atoms with Crippen LogP contribution in [0.3, 0.4) is 0 Å².